The zero-order valence-electron chi connectivity index (χ0n) is 13.9. The molecule has 0 fully saturated rings. The maximum absolute atomic E-state index is 11.7. The van der Waals surface area contributed by atoms with Crippen molar-refractivity contribution < 1.29 is 28.6 Å². The van der Waals surface area contributed by atoms with Gasteiger partial charge in [-0.3, -0.25) is 0 Å². The van der Waals surface area contributed by atoms with E-state index >= 15 is 0 Å². The van der Waals surface area contributed by atoms with E-state index in [4.69, 9.17) is 14.2 Å². The summed E-state index contributed by atoms with van der Waals surface area (Å²) in [5.74, 6) is -1.08. The van der Waals surface area contributed by atoms with Crippen LogP contribution in [-0.4, -0.2) is 43.4 Å². The third-order valence-electron chi connectivity index (χ3n) is 2.86. The van der Waals surface area contributed by atoms with Crippen LogP contribution < -0.4 is 5.32 Å². The van der Waals surface area contributed by atoms with Crippen LogP contribution in [0.4, 0.5) is 4.79 Å². The quantitative estimate of drug-likeness (QED) is 0.375. The smallest absolute Gasteiger partial charge is 0.407 e. The molecule has 130 valence electrons. The third kappa shape index (κ3) is 9.34. The van der Waals surface area contributed by atoms with Crippen molar-refractivity contribution in [2.45, 2.75) is 45.8 Å². The lowest BCUT2D eigenvalue weighted by atomic mass is 10.2. The summed E-state index contributed by atoms with van der Waals surface area (Å²) in [4.78, 5) is 34.1. The monoisotopic (exact) mass is 327 g/mol. The van der Waals surface area contributed by atoms with Gasteiger partial charge in [0.25, 0.3) is 0 Å². The molecule has 0 aromatic rings. The average molecular weight is 327 g/mol. The molecule has 1 N–H and O–H groups in total. The first-order valence-corrected chi connectivity index (χ1v) is 7.44. The van der Waals surface area contributed by atoms with E-state index in [1.54, 1.807) is 13.8 Å². The normalized spacial score (nSPS) is 12.5. The largest absolute Gasteiger partial charge is 0.459 e. The van der Waals surface area contributed by atoms with Gasteiger partial charge in [0.15, 0.2) is 0 Å². The minimum Gasteiger partial charge on any atom is -0.459 e. The molecule has 2 unspecified atom stereocenters. The summed E-state index contributed by atoms with van der Waals surface area (Å²) in [7, 11) is 0. The Kier molecular flexibility index (Phi) is 10.1. The second kappa shape index (κ2) is 11.3. The van der Waals surface area contributed by atoms with Crippen LogP contribution in [0.5, 0.6) is 0 Å². The molecule has 0 aliphatic heterocycles. The molecule has 23 heavy (non-hydrogen) atoms. The predicted octanol–water partition coefficient (Wildman–Crippen LogP) is 2.12. The Bertz CT molecular complexity index is 446. The van der Waals surface area contributed by atoms with Crippen LogP contribution in [0.1, 0.15) is 33.6 Å². The second-order valence-electron chi connectivity index (χ2n) is 4.87. The average Bonchev–Trinajstić information content (AvgIpc) is 2.54. The number of hydrogen-bond acceptors (Lipinski definition) is 6. The Morgan fingerprint density at radius 1 is 1.13 bits per heavy atom. The van der Waals surface area contributed by atoms with Crippen molar-refractivity contribution in [1.29, 1.82) is 0 Å². The molecule has 0 aromatic carbocycles. The minimum atomic E-state index is -0.670. The molecule has 0 heterocycles. The van der Waals surface area contributed by atoms with Crippen molar-refractivity contribution in [2.75, 3.05) is 13.2 Å². The van der Waals surface area contributed by atoms with Gasteiger partial charge in [-0.1, -0.05) is 27.0 Å². The van der Waals surface area contributed by atoms with Crippen LogP contribution in [0, 0.1) is 0 Å². The molecule has 0 rings (SSSR count). The third-order valence-corrected chi connectivity index (χ3v) is 2.86. The van der Waals surface area contributed by atoms with Crippen LogP contribution in [0.3, 0.4) is 0 Å². The Morgan fingerprint density at radius 3 is 2.22 bits per heavy atom. The lowest BCUT2D eigenvalue weighted by molar-refractivity contribution is -0.144. The van der Waals surface area contributed by atoms with Crippen LogP contribution >= 0.6 is 0 Å². The van der Waals surface area contributed by atoms with Gasteiger partial charge in [-0.15, -0.1) is 0 Å². The van der Waals surface area contributed by atoms with Crippen LogP contribution in [0.2, 0.25) is 0 Å². The van der Waals surface area contributed by atoms with E-state index in [1.165, 1.54) is 0 Å². The summed E-state index contributed by atoms with van der Waals surface area (Å²) in [6.45, 7) is 12.0. The van der Waals surface area contributed by atoms with Gasteiger partial charge in [0, 0.05) is 11.6 Å². The van der Waals surface area contributed by atoms with Crippen LogP contribution in [0.15, 0.2) is 24.8 Å². The van der Waals surface area contributed by atoms with Crippen molar-refractivity contribution in [3.05, 3.63) is 24.8 Å². The molecular weight excluding hydrogens is 302 g/mol. The molecule has 1 amide bonds. The number of hydrogen-bond donors (Lipinski definition) is 1. The minimum absolute atomic E-state index is 0.0450. The van der Waals surface area contributed by atoms with Gasteiger partial charge in [-0.2, -0.15) is 0 Å². The zero-order chi connectivity index (χ0) is 17.8. The second-order valence-corrected chi connectivity index (χ2v) is 4.87. The Balaban J connectivity index is 4.24. The van der Waals surface area contributed by atoms with Crippen molar-refractivity contribution in [2.24, 2.45) is 0 Å². The summed E-state index contributed by atoms with van der Waals surface area (Å²) < 4.78 is 15.1. The fourth-order valence-corrected chi connectivity index (χ4v) is 1.38. The van der Waals surface area contributed by atoms with E-state index in [0.29, 0.717) is 18.4 Å². The van der Waals surface area contributed by atoms with E-state index in [2.05, 4.69) is 18.5 Å². The number of carbonyl (C=O) groups is 3. The van der Waals surface area contributed by atoms with Gasteiger partial charge in [-0.05, 0) is 19.8 Å². The first-order valence-electron chi connectivity index (χ1n) is 7.44. The van der Waals surface area contributed by atoms with Gasteiger partial charge in [0.2, 0.25) is 0 Å². The van der Waals surface area contributed by atoms with E-state index < -0.39 is 30.2 Å². The van der Waals surface area contributed by atoms with E-state index in [9.17, 15) is 14.4 Å². The summed E-state index contributed by atoms with van der Waals surface area (Å²) in [6.07, 6.45) is 0.362. The summed E-state index contributed by atoms with van der Waals surface area (Å²) >= 11 is 0. The number of nitrogens with one attached hydrogen (secondary N) is 1. The number of alkyl carbamates (subject to hydrolysis) is 1. The van der Waals surface area contributed by atoms with Crippen molar-refractivity contribution in [1.82, 2.24) is 5.32 Å². The van der Waals surface area contributed by atoms with Gasteiger partial charge in [-0.25, -0.2) is 14.4 Å². The zero-order valence-corrected chi connectivity index (χ0v) is 13.9. The van der Waals surface area contributed by atoms with E-state index in [0.717, 1.165) is 6.08 Å². The molecule has 0 radical (unpaired) electrons. The number of ether oxygens (including phenoxy) is 3. The molecule has 0 saturated heterocycles. The Labute approximate surface area is 136 Å². The molecule has 2 atom stereocenters. The van der Waals surface area contributed by atoms with Crippen molar-refractivity contribution in [3.8, 4) is 0 Å². The number of amides is 1. The maximum Gasteiger partial charge on any atom is 0.407 e. The summed E-state index contributed by atoms with van der Waals surface area (Å²) in [5, 5.41) is 2.52. The lowest BCUT2D eigenvalue weighted by Crippen LogP contribution is -2.37. The summed E-state index contributed by atoms with van der Waals surface area (Å²) in [6, 6.07) is 0. The van der Waals surface area contributed by atoms with Gasteiger partial charge < -0.3 is 19.5 Å². The van der Waals surface area contributed by atoms with Crippen molar-refractivity contribution in [3.63, 3.8) is 0 Å². The molecule has 0 aliphatic carbocycles. The SMILES string of the molecule is C=CC(=O)OCC(CC)OC(=O)NCC(CC)OC(=O)C(=C)C. The maximum atomic E-state index is 11.7. The molecule has 0 saturated carbocycles. The highest BCUT2D eigenvalue weighted by Crippen LogP contribution is 2.03. The molecule has 0 aromatic heterocycles. The first kappa shape index (κ1) is 20.7. The van der Waals surface area contributed by atoms with E-state index in [-0.39, 0.29) is 13.2 Å². The Hall–Kier alpha value is -2.31. The van der Waals surface area contributed by atoms with Gasteiger partial charge in [0.05, 0.1) is 6.54 Å². The number of carbonyl (C=O) groups excluding carboxylic acids is 3. The van der Waals surface area contributed by atoms with Gasteiger partial charge in [0.1, 0.15) is 18.8 Å². The molecular formula is C16H25NO6. The number of rotatable bonds is 10. The van der Waals surface area contributed by atoms with Crippen molar-refractivity contribution >= 4 is 18.0 Å². The standard InChI is InChI=1S/C16H25NO6/c1-6-12(22-15(19)11(4)5)9-17-16(20)23-13(7-2)10-21-14(18)8-3/h8,12-13H,3-4,6-7,9-10H2,1-2,5H3,(H,17,20). The predicted molar refractivity (Wildman–Crippen MR) is 84.7 cm³/mol. The topological polar surface area (TPSA) is 90.9 Å². The summed E-state index contributed by atoms with van der Waals surface area (Å²) in [5.41, 5.74) is 0.293. The molecule has 7 nitrogen and oxygen atoms in total. The highest BCUT2D eigenvalue weighted by Gasteiger charge is 2.17. The molecule has 7 heteroatoms. The van der Waals surface area contributed by atoms with E-state index in [1.807, 2.05) is 6.92 Å². The molecule has 0 aliphatic rings. The molecule has 0 spiro atoms. The van der Waals surface area contributed by atoms with Crippen LogP contribution in [-0.2, 0) is 23.8 Å². The lowest BCUT2D eigenvalue weighted by Gasteiger charge is -2.19. The fraction of sp³-hybridized carbons (Fsp3) is 0.562. The number of esters is 2. The highest BCUT2D eigenvalue weighted by atomic mass is 16.6. The first-order chi connectivity index (χ1) is 10.8. The fourth-order valence-electron chi connectivity index (χ4n) is 1.38. The van der Waals surface area contributed by atoms with Gasteiger partial charge >= 0.3 is 18.0 Å². The highest BCUT2D eigenvalue weighted by molar-refractivity contribution is 5.87. The molecule has 0 bridgehead atoms. The van der Waals surface area contributed by atoms with Crippen LogP contribution in [0.25, 0.3) is 0 Å². The Morgan fingerprint density at radius 2 is 1.74 bits per heavy atom.